The summed E-state index contributed by atoms with van der Waals surface area (Å²) in [5.74, 6) is 0.672. The van der Waals surface area contributed by atoms with Crippen molar-refractivity contribution in [1.29, 1.82) is 0 Å². The van der Waals surface area contributed by atoms with Gasteiger partial charge in [0.1, 0.15) is 10.5 Å². The third kappa shape index (κ3) is 2.99. The lowest BCUT2D eigenvalue weighted by Crippen LogP contribution is -2.68. The van der Waals surface area contributed by atoms with Crippen molar-refractivity contribution in [1.82, 2.24) is 30.0 Å². The number of nitrogens with zero attached hydrogens (tertiary/aromatic N) is 6. The minimum absolute atomic E-state index is 0.0880. The topological polar surface area (TPSA) is 93.5 Å². The first-order chi connectivity index (χ1) is 10.7. The van der Waals surface area contributed by atoms with Gasteiger partial charge in [0.05, 0.1) is 20.1 Å². The van der Waals surface area contributed by atoms with Crippen LogP contribution in [0.15, 0.2) is 0 Å². The summed E-state index contributed by atoms with van der Waals surface area (Å²) in [5, 5.41) is 11.5. The van der Waals surface area contributed by atoms with Crippen LogP contribution in [0.5, 0.6) is 0 Å². The summed E-state index contributed by atoms with van der Waals surface area (Å²) < 4.78 is 5.36. The number of carbonyl (C=O) groups is 2. The van der Waals surface area contributed by atoms with Crippen LogP contribution in [-0.2, 0) is 11.8 Å². The van der Waals surface area contributed by atoms with E-state index < -0.39 is 10.5 Å². The molecule has 0 N–H and O–H groups in total. The molecule has 0 aromatic carbocycles. The van der Waals surface area contributed by atoms with Crippen LogP contribution in [-0.4, -0.2) is 77.9 Å². The molecule has 1 aromatic heterocycles. The number of thioether (sulfide) groups is 1. The SMILES string of the molecule is Cn1nnc(C(=O)N2CCSC23CN(C(=O)OC(C)(C)C)C3)n1. The zero-order valence-electron chi connectivity index (χ0n) is 13.6. The number of hydrogen-bond acceptors (Lipinski definition) is 7. The second-order valence-electron chi connectivity index (χ2n) is 6.69. The number of rotatable bonds is 1. The first-order valence-electron chi connectivity index (χ1n) is 7.38. The van der Waals surface area contributed by atoms with Crippen LogP contribution in [0, 0.1) is 0 Å². The average Bonchev–Trinajstić information content (AvgIpc) is 2.99. The van der Waals surface area contributed by atoms with Crippen LogP contribution in [0.25, 0.3) is 0 Å². The normalized spacial score (nSPS) is 19.8. The molecule has 0 saturated carbocycles. The van der Waals surface area contributed by atoms with Gasteiger partial charge in [0.25, 0.3) is 11.7 Å². The van der Waals surface area contributed by atoms with Gasteiger partial charge in [0, 0.05) is 12.3 Å². The molecular formula is C13H20N6O3S. The Morgan fingerprint density at radius 3 is 2.57 bits per heavy atom. The van der Waals surface area contributed by atoms with Gasteiger partial charge in [-0.2, -0.15) is 4.80 Å². The Bertz CT molecular complexity index is 634. The van der Waals surface area contributed by atoms with Crippen molar-refractivity contribution in [3.8, 4) is 0 Å². The first kappa shape index (κ1) is 16.0. The third-order valence-corrected chi connectivity index (χ3v) is 5.05. The Labute approximate surface area is 138 Å². The number of hydrogen-bond donors (Lipinski definition) is 0. The molecular weight excluding hydrogens is 320 g/mol. The van der Waals surface area contributed by atoms with Gasteiger partial charge in [-0.05, 0) is 26.0 Å². The Hall–Kier alpha value is -1.84. The lowest BCUT2D eigenvalue weighted by Gasteiger charge is -2.50. The molecule has 126 valence electrons. The van der Waals surface area contributed by atoms with E-state index in [9.17, 15) is 9.59 Å². The van der Waals surface area contributed by atoms with E-state index in [0.717, 1.165) is 5.75 Å². The molecule has 9 nitrogen and oxygen atoms in total. The monoisotopic (exact) mass is 340 g/mol. The predicted octanol–water partition coefficient (Wildman–Crippen LogP) is 0.346. The van der Waals surface area contributed by atoms with E-state index in [4.69, 9.17) is 4.74 Å². The molecule has 0 unspecified atom stereocenters. The minimum atomic E-state index is -0.526. The third-order valence-electron chi connectivity index (χ3n) is 3.65. The van der Waals surface area contributed by atoms with Gasteiger partial charge in [-0.25, -0.2) is 4.79 Å². The molecule has 2 amide bonds. The smallest absolute Gasteiger partial charge is 0.410 e. The Morgan fingerprint density at radius 1 is 1.30 bits per heavy atom. The predicted molar refractivity (Wildman–Crippen MR) is 82.8 cm³/mol. The molecule has 2 aliphatic heterocycles. The molecule has 2 aliphatic rings. The fourth-order valence-corrected chi connectivity index (χ4v) is 4.13. The summed E-state index contributed by atoms with van der Waals surface area (Å²) in [7, 11) is 1.62. The van der Waals surface area contributed by atoms with E-state index in [1.807, 2.05) is 20.8 Å². The van der Waals surface area contributed by atoms with Crippen molar-refractivity contribution in [2.24, 2.45) is 7.05 Å². The number of amides is 2. The molecule has 0 bridgehead atoms. The lowest BCUT2D eigenvalue weighted by molar-refractivity contribution is -0.0184. The molecule has 2 saturated heterocycles. The Kier molecular flexibility index (Phi) is 3.74. The fraction of sp³-hybridized carbons (Fsp3) is 0.769. The van der Waals surface area contributed by atoms with E-state index in [0.29, 0.717) is 19.6 Å². The van der Waals surface area contributed by atoms with E-state index in [2.05, 4.69) is 15.4 Å². The number of ether oxygens (including phenoxy) is 1. The van der Waals surface area contributed by atoms with Crippen LogP contribution in [0.3, 0.4) is 0 Å². The van der Waals surface area contributed by atoms with Crippen molar-refractivity contribution in [3.05, 3.63) is 5.82 Å². The van der Waals surface area contributed by atoms with Crippen LogP contribution < -0.4 is 0 Å². The minimum Gasteiger partial charge on any atom is -0.444 e. The number of likely N-dealkylation sites (tertiary alicyclic amines) is 1. The zero-order chi connectivity index (χ0) is 16.8. The molecule has 23 heavy (non-hydrogen) atoms. The molecule has 1 spiro atoms. The van der Waals surface area contributed by atoms with Crippen LogP contribution in [0.1, 0.15) is 31.4 Å². The molecule has 0 aliphatic carbocycles. The average molecular weight is 340 g/mol. The molecule has 0 atom stereocenters. The highest BCUT2D eigenvalue weighted by atomic mass is 32.2. The lowest BCUT2D eigenvalue weighted by atomic mass is 10.1. The van der Waals surface area contributed by atoms with Gasteiger partial charge in [-0.3, -0.25) is 4.79 Å². The van der Waals surface area contributed by atoms with Crippen LogP contribution in [0.2, 0.25) is 0 Å². The summed E-state index contributed by atoms with van der Waals surface area (Å²) in [5.41, 5.74) is -0.526. The maximum atomic E-state index is 12.6. The number of aromatic nitrogens is 4. The second-order valence-corrected chi connectivity index (χ2v) is 8.15. The first-order valence-corrected chi connectivity index (χ1v) is 8.37. The van der Waals surface area contributed by atoms with E-state index >= 15 is 0 Å². The van der Waals surface area contributed by atoms with Gasteiger partial charge < -0.3 is 14.5 Å². The van der Waals surface area contributed by atoms with Gasteiger partial charge in [-0.1, -0.05) is 0 Å². The molecule has 1 aromatic rings. The largest absolute Gasteiger partial charge is 0.444 e. The van der Waals surface area contributed by atoms with Crippen molar-refractivity contribution in [2.75, 3.05) is 25.4 Å². The molecule has 2 fully saturated rings. The maximum absolute atomic E-state index is 12.6. The molecule has 0 radical (unpaired) electrons. The van der Waals surface area contributed by atoms with Crippen molar-refractivity contribution in [2.45, 2.75) is 31.2 Å². The number of aryl methyl sites for hydroxylation is 1. The highest BCUT2D eigenvalue weighted by Crippen LogP contribution is 2.44. The number of tetrazole rings is 1. The van der Waals surface area contributed by atoms with Gasteiger partial charge in [0.2, 0.25) is 0 Å². The summed E-state index contributed by atoms with van der Waals surface area (Å²) >= 11 is 1.68. The molecule has 10 heteroatoms. The fourth-order valence-electron chi connectivity index (χ4n) is 2.65. The second kappa shape index (κ2) is 5.36. The van der Waals surface area contributed by atoms with E-state index in [-0.39, 0.29) is 17.8 Å². The van der Waals surface area contributed by atoms with Crippen LogP contribution in [0.4, 0.5) is 4.79 Å². The Morgan fingerprint density at radius 2 is 2.00 bits per heavy atom. The van der Waals surface area contributed by atoms with E-state index in [1.54, 1.807) is 28.6 Å². The zero-order valence-corrected chi connectivity index (χ0v) is 14.5. The van der Waals surface area contributed by atoms with Gasteiger partial charge in [0.15, 0.2) is 0 Å². The molecule has 3 heterocycles. The van der Waals surface area contributed by atoms with Crippen molar-refractivity contribution in [3.63, 3.8) is 0 Å². The summed E-state index contributed by atoms with van der Waals surface area (Å²) in [6.45, 7) is 7.03. The highest BCUT2D eigenvalue weighted by molar-refractivity contribution is 8.01. The molecule has 3 rings (SSSR count). The Balaban J connectivity index is 1.67. The standard InChI is InChI=1S/C13H20N6O3S/c1-12(2,3)22-11(21)18-7-13(8-18)19(5-6-23-13)10(20)9-14-16-17(4)15-9/h5-8H2,1-4H3. The maximum Gasteiger partial charge on any atom is 0.410 e. The van der Waals surface area contributed by atoms with E-state index in [1.165, 1.54) is 4.80 Å². The van der Waals surface area contributed by atoms with Crippen molar-refractivity contribution >= 4 is 23.8 Å². The van der Waals surface area contributed by atoms with Crippen molar-refractivity contribution < 1.29 is 14.3 Å². The van der Waals surface area contributed by atoms with Crippen LogP contribution >= 0.6 is 11.8 Å². The van der Waals surface area contributed by atoms with Gasteiger partial charge in [-0.15, -0.1) is 22.0 Å². The highest BCUT2D eigenvalue weighted by Gasteiger charge is 2.55. The summed E-state index contributed by atoms with van der Waals surface area (Å²) in [4.78, 5) is 28.9. The number of carbonyl (C=O) groups excluding carboxylic acids is 2. The summed E-state index contributed by atoms with van der Waals surface area (Å²) in [6.07, 6.45) is -0.347. The summed E-state index contributed by atoms with van der Waals surface area (Å²) in [6, 6.07) is 0. The van der Waals surface area contributed by atoms with Gasteiger partial charge >= 0.3 is 6.09 Å². The quantitative estimate of drug-likeness (QED) is 0.728.